The number of thiazole rings is 1. The van der Waals surface area contributed by atoms with E-state index in [1.807, 2.05) is 19.1 Å². The van der Waals surface area contributed by atoms with Crippen LogP contribution in [0.4, 0.5) is 0 Å². The van der Waals surface area contributed by atoms with Crippen molar-refractivity contribution in [3.63, 3.8) is 0 Å². The lowest BCUT2D eigenvalue weighted by Crippen LogP contribution is -2.31. The number of fused-ring (bicyclic) bond motifs is 1. The summed E-state index contributed by atoms with van der Waals surface area (Å²) in [5.74, 6) is -0.172. The van der Waals surface area contributed by atoms with E-state index >= 15 is 0 Å². The lowest BCUT2D eigenvalue weighted by Gasteiger charge is -2.04. The van der Waals surface area contributed by atoms with Gasteiger partial charge in [-0.2, -0.15) is 0 Å². The van der Waals surface area contributed by atoms with Gasteiger partial charge in [0.1, 0.15) is 22.3 Å². The first-order chi connectivity index (χ1) is 15.8. The number of esters is 1. The summed E-state index contributed by atoms with van der Waals surface area (Å²) < 4.78 is 8.48. The Kier molecular flexibility index (Phi) is 6.48. The lowest BCUT2D eigenvalue weighted by molar-refractivity contribution is 0.0464. The average molecular weight is 488 g/mol. The van der Waals surface area contributed by atoms with Crippen LogP contribution in [0.5, 0.6) is 0 Å². The molecule has 0 bridgehead atoms. The highest BCUT2D eigenvalue weighted by atomic mass is 35.5. The minimum absolute atomic E-state index is 0.154. The molecule has 0 aliphatic rings. The van der Waals surface area contributed by atoms with Crippen molar-refractivity contribution >= 4 is 40.1 Å². The van der Waals surface area contributed by atoms with Gasteiger partial charge in [-0.3, -0.25) is 14.3 Å². The molecule has 11 heteroatoms. The second-order valence-electron chi connectivity index (χ2n) is 7.54. The van der Waals surface area contributed by atoms with E-state index in [1.54, 1.807) is 30.7 Å². The van der Waals surface area contributed by atoms with Crippen molar-refractivity contribution in [1.82, 2.24) is 24.1 Å². The molecule has 0 saturated carbocycles. The molecule has 4 rings (SSSR count). The van der Waals surface area contributed by atoms with Gasteiger partial charge in [0.25, 0.3) is 5.56 Å². The van der Waals surface area contributed by atoms with Gasteiger partial charge in [0.05, 0.1) is 5.69 Å². The summed E-state index contributed by atoms with van der Waals surface area (Å²) in [6.07, 6.45) is 1.65. The molecule has 4 aromatic rings. The number of carbonyl (C=O) groups is 1. The quantitative estimate of drug-likeness (QED) is 0.398. The van der Waals surface area contributed by atoms with E-state index in [9.17, 15) is 14.4 Å². The van der Waals surface area contributed by atoms with E-state index in [0.29, 0.717) is 33.0 Å². The molecule has 0 spiro atoms. The van der Waals surface area contributed by atoms with Crippen molar-refractivity contribution in [2.24, 2.45) is 7.05 Å². The number of nitrogens with zero attached hydrogens (tertiary/aromatic N) is 4. The Hall–Kier alpha value is -3.24. The molecule has 9 nitrogen and oxygen atoms in total. The highest BCUT2D eigenvalue weighted by molar-refractivity contribution is 7.17. The molecule has 0 saturated heterocycles. The third-order valence-corrected chi connectivity index (χ3v) is 6.69. The number of imidazole rings is 1. The van der Waals surface area contributed by atoms with Gasteiger partial charge in [0.15, 0.2) is 11.2 Å². The zero-order valence-electron chi connectivity index (χ0n) is 18.3. The molecule has 0 aliphatic heterocycles. The Balaban J connectivity index is 1.59. The molecule has 3 heterocycles. The Morgan fingerprint density at radius 1 is 1.21 bits per heavy atom. The Morgan fingerprint density at radius 2 is 1.94 bits per heavy atom. The standard InChI is InChI=1S/C22H22ClN5O4S/c1-4-5-10-28-18-16(19(29)26-22(28)31)27(3)15(25-18)11-32-21(30)17-12(2)24-20(33-17)13-6-8-14(23)9-7-13/h6-9H,4-5,10-11H2,1-3H3,(H,26,29,31). The topological polar surface area (TPSA) is 112 Å². The zero-order chi connectivity index (χ0) is 23.7. The molecule has 0 amide bonds. The van der Waals surface area contributed by atoms with Crippen molar-refractivity contribution in [1.29, 1.82) is 0 Å². The minimum Gasteiger partial charge on any atom is -0.453 e. The fraction of sp³-hybridized carbons (Fsp3) is 0.318. The van der Waals surface area contributed by atoms with E-state index in [4.69, 9.17) is 16.3 Å². The molecule has 1 aromatic carbocycles. The Morgan fingerprint density at radius 3 is 2.64 bits per heavy atom. The summed E-state index contributed by atoms with van der Waals surface area (Å²) in [5, 5.41) is 1.30. The SMILES string of the molecule is CCCCn1c(=O)[nH]c(=O)c2c1nc(COC(=O)c1sc(-c3ccc(Cl)cc3)nc1C)n2C. The molecule has 0 aliphatic carbocycles. The number of aromatic amines is 1. The van der Waals surface area contributed by atoms with Crippen molar-refractivity contribution < 1.29 is 9.53 Å². The van der Waals surface area contributed by atoms with Crippen molar-refractivity contribution in [3.8, 4) is 10.6 Å². The monoisotopic (exact) mass is 487 g/mol. The molecule has 3 aromatic heterocycles. The summed E-state index contributed by atoms with van der Waals surface area (Å²) in [6.45, 7) is 4.04. The number of aromatic nitrogens is 5. The number of carbonyl (C=O) groups excluding carboxylic acids is 1. The molecule has 0 unspecified atom stereocenters. The van der Waals surface area contributed by atoms with E-state index in [0.717, 1.165) is 18.4 Å². The first-order valence-electron chi connectivity index (χ1n) is 10.4. The average Bonchev–Trinajstić information content (AvgIpc) is 3.33. The van der Waals surface area contributed by atoms with Gasteiger partial charge in [-0.25, -0.2) is 19.6 Å². The fourth-order valence-corrected chi connectivity index (χ4v) is 4.53. The van der Waals surface area contributed by atoms with Gasteiger partial charge >= 0.3 is 11.7 Å². The molecule has 33 heavy (non-hydrogen) atoms. The maximum Gasteiger partial charge on any atom is 0.350 e. The third-order valence-electron chi connectivity index (χ3n) is 5.25. The zero-order valence-corrected chi connectivity index (χ0v) is 19.9. The van der Waals surface area contributed by atoms with Crippen molar-refractivity contribution in [2.45, 2.75) is 39.8 Å². The van der Waals surface area contributed by atoms with Crippen LogP contribution < -0.4 is 11.2 Å². The van der Waals surface area contributed by atoms with Crippen LogP contribution >= 0.6 is 22.9 Å². The van der Waals surface area contributed by atoms with Gasteiger partial charge in [-0.05, 0) is 25.5 Å². The highest BCUT2D eigenvalue weighted by Crippen LogP contribution is 2.29. The number of benzene rings is 1. The molecular weight excluding hydrogens is 466 g/mol. The van der Waals surface area contributed by atoms with Crippen LogP contribution in [0, 0.1) is 6.92 Å². The van der Waals surface area contributed by atoms with Crippen LogP contribution in [0.15, 0.2) is 33.9 Å². The summed E-state index contributed by atoms with van der Waals surface area (Å²) >= 11 is 7.17. The minimum atomic E-state index is -0.533. The summed E-state index contributed by atoms with van der Waals surface area (Å²) in [4.78, 5) is 49.0. The number of aryl methyl sites for hydroxylation is 3. The largest absolute Gasteiger partial charge is 0.453 e. The molecule has 172 valence electrons. The summed E-state index contributed by atoms with van der Waals surface area (Å²) in [7, 11) is 1.65. The van der Waals surface area contributed by atoms with Crippen molar-refractivity contribution in [2.75, 3.05) is 0 Å². The van der Waals surface area contributed by atoms with Crippen LogP contribution in [0.1, 0.15) is 41.0 Å². The van der Waals surface area contributed by atoms with Crippen LogP contribution in [-0.4, -0.2) is 30.1 Å². The summed E-state index contributed by atoms with van der Waals surface area (Å²) in [5.41, 5.74) is 0.926. The number of halogens is 1. The molecule has 1 N–H and O–H groups in total. The van der Waals surface area contributed by atoms with Gasteiger partial charge in [-0.15, -0.1) is 11.3 Å². The summed E-state index contributed by atoms with van der Waals surface area (Å²) in [6, 6.07) is 7.20. The normalized spacial score (nSPS) is 11.3. The third kappa shape index (κ3) is 4.49. The molecule has 0 radical (unpaired) electrons. The van der Waals surface area contributed by atoms with Gasteiger partial charge < -0.3 is 9.30 Å². The van der Waals surface area contributed by atoms with Gasteiger partial charge in [0, 0.05) is 24.2 Å². The molecule has 0 fully saturated rings. The Labute approximate surface area is 197 Å². The molecule has 0 atom stereocenters. The second kappa shape index (κ2) is 9.32. The Bertz CT molecular complexity index is 1450. The van der Waals surface area contributed by atoms with Crippen LogP contribution in [0.25, 0.3) is 21.7 Å². The van der Waals surface area contributed by atoms with E-state index in [2.05, 4.69) is 15.0 Å². The number of unbranched alkanes of at least 4 members (excludes halogenated alkanes) is 1. The van der Waals surface area contributed by atoms with Gasteiger partial charge in [0.2, 0.25) is 0 Å². The smallest absolute Gasteiger partial charge is 0.350 e. The number of hydrogen-bond donors (Lipinski definition) is 1. The van der Waals surface area contributed by atoms with Gasteiger partial charge in [-0.1, -0.05) is 37.1 Å². The maximum atomic E-state index is 12.8. The van der Waals surface area contributed by atoms with Crippen LogP contribution in [-0.2, 0) is 24.9 Å². The number of ether oxygens (including phenoxy) is 1. The molecular formula is C22H22ClN5O4S. The first kappa shape index (κ1) is 22.9. The first-order valence-corrected chi connectivity index (χ1v) is 11.6. The lowest BCUT2D eigenvalue weighted by atomic mass is 10.2. The van der Waals surface area contributed by atoms with Crippen molar-refractivity contribution in [3.05, 3.63) is 66.5 Å². The van der Waals surface area contributed by atoms with Crippen LogP contribution in [0.3, 0.4) is 0 Å². The second-order valence-corrected chi connectivity index (χ2v) is 8.98. The number of nitrogens with one attached hydrogen (secondary N) is 1. The number of hydrogen-bond acceptors (Lipinski definition) is 7. The predicted molar refractivity (Wildman–Crippen MR) is 127 cm³/mol. The van der Waals surface area contributed by atoms with Crippen LogP contribution in [0.2, 0.25) is 5.02 Å². The van der Waals surface area contributed by atoms with E-state index < -0.39 is 17.2 Å². The predicted octanol–water partition coefficient (Wildman–Crippen LogP) is 3.67. The van der Waals surface area contributed by atoms with E-state index in [1.165, 1.54) is 15.9 Å². The van der Waals surface area contributed by atoms with E-state index in [-0.39, 0.29) is 17.8 Å². The maximum absolute atomic E-state index is 12.8. The highest BCUT2D eigenvalue weighted by Gasteiger charge is 2.21. The fourth-order valence-electron chi connectivity index (χ4n) is 3.44. The number of H-pyrrole nitrogens is 1. The number of rotatable bonds is 7.